The van der Waals surface area contributed by atoms with Crippen molar-refractivity contribution in [2.75, 3.05) is 13.7 Å². The number of nitrogens with zero attached hydrogens (tertiary/aromatic N) is 1. The van der Waals surface area contributed by atoms with Gasteiger partial charge in [-0.25, -0.2) is 4.79 Å². The molecule has 0 aromatic carbocycles. The number of hydrogen-bond donors (Lipinski definition) is 0. The van der Waals surface area contributed by atoms with Crippen LogP contribution in [0, 0.1) is 5.92 Å². The molecule has 2 rings (SSSR count). The highest BCUT2D eigenvalue weighted by Crippen LogP contribution is 2.39. The van der Waals surface area contributed by atoms with E-state index >= 15 is 0 Å². The average Bonchev–Trinajstić information content (AvgIpc) is 3.04. The summed E-state index contributed by atoms with van der Waals surface area (Å²) in [6, 6.07) is 4.02. The zero-order valence-corrected chi connectivity index (χ0v) is 12.8. The number of carbonyl (C=O) groups is 2. The Morgan fingerprint density at radius 1 is 1.60 bits per heavy atom. The van der Waals surface area contributed by atoms with E-state index in [1.807, 2.05) is 24.6 Å². The summed E-state index contributed by atoms with van der Waals surface area (Å²) in [4.78, 5) is 26.5. The van der Waals surface area contributed by atoms with Crippen molar-refractivity contribution in [3.8, 4) is 0 Å². The first-order chi connectivity index (χ1) is 9.54. The van der Waals surface area contributed by atoms with Crippen LogP contribution in [0.2, 0.25) is 0 Å². The van der Waals surface area contributed by atoms with Crippen molar-refractivity contribution in [1.82, 2.24) is 4.90 Å². The van der Waals surface area contributed by atoms with Gasteiger partial charge in [-0.15, -0.1) is 11.3 Å². The molecule has 1 aliphatic rings. The number of allylic oxidation sites excluding steroid dienone is 1. The molecule has 1 aliphatic heterocycles. The normalized spacial score (nSPS) is 23.2. The van der Waals surface area contributed by atoms with Gasteiger partial charge in [-0.2, -0.15) is 0 Å². The molecule has 108 valence electrons. The van der Waals surface area contributed by atoms with Crippen molar-refractivity contribution in [3.05, 3.63) is 34.0 Å². The van der Waals surface area contributed by atoms with Crippen LogP contribution >= 0.6 is 11.3 Å². The van der Waals surface area contributed by atoms with Gasteiger partial charge in [-0.1, -0.05) is 12.1 Å². The molecular formula is C15H19NO3S. The zero-order chi connectivity index (χ0) is 14.7. The molecule has 1 saturated heterocycles. The Morgan fingerprint density at radius 2 is 2.35 bits per heavy atom. The summed E-state index contributed by atoms with van der Waals surface area (Å²) in [5.74, 6) is -0.175. The molecule has 0 unspecified atom stereocenters. The first-order valence-corrected chi connectivity index (χ1v) is 7.51. The lowest BCUT2D eigenvalue weighted by atomic mass is 10.00. The Morgan fingerprint density at radius 3 is 2.95 bits per heavy atom. The summed E-state index contributed by atoms with van der Waals surface area (Å²) in [7, 11) is 1.81. The second-order valence-electron chi connectivity index (χ2n) is 5.00. The van der Waals surface area contributed by atoms with Crippen LogP contribution in [-0.2, 0) is 14.3 Å². The highest BCUT2D eigenvalue weighted by atomic mass is 32.1. The fourth-order valence-corrected chi connectivity index (χ4v) is 3.36. The van der Waals surface area contributed by atoms with Crippen molar-refractivity contribution in [2.24, 2.45) is 5.92 Å². The maximum absolute atomic E-state index is 11.9. The van der Waals surface area contributed by atoms with Gasteiger partial charge in [0.05, 0.1) is 12.6 Å². The monoisotopic (exact) mass is 293 g/mol. The standard InChI is InChI=1S/C15H19NO3S/c1-4-10(2)15(18)19-9-11-8-13(17)16(3)14(11)12-6-5-7-20-12/h4-7,11,14H,8-9H2,1-3H3/b10-4+/t11-,14+/m0/s1. The molecule has 0 bridgehead atoms. The molecule has 2 atom stereocenters. The first kappa shape index (κ1) is 14.8. The molecule has 5 heteroatoms. The zero-order valence-electron chi connectivity index (χ0n) is 12.0. The molecule has 0 spiro atoms. The van der Waals surface area contributed by atoms with Crippen LogP contribution in [-0.4, -0.2) is 30.4 Å². The van der Waals surface area contributed by atoms with Crippen molar-refractivity contribution < 1.29 is 14.3 Å². The van der Waals surface area contributed by atoms with Gasteiger partial charge in [-0.3, -0.25) is 4.79 Å². The smallest absolute Gasteiger partial charge is 0.333 e. The molecular weight excluding hydrogens is 274 g/mol. The summed E-state index contributed by atoms with van der Waals surface area (Å²) < 4.78 is 5.32. The van der Waals surface area contributed by atoms with E-state index < -0.39 is 0 Å². The van der Waals surface area contributed by atoms with E-state index in [0.717, 1.165) is 4.88 Å². The summed E-state index contributed by atoms with van der Waals surface area (Å²) in [6.45, 7) is 3.81. The van der Waals surface area contributed by atoms with E-state index in [1.54, 1.807) is 36.2 Å². The molecule has 1 aromatic rings. The minimum atomic E-state index is -0.306. The predicted octanol–water partition coefficient (Wildman–Crippen LogP) is 2.78. The van der Waals surface area contributed by atoms with Crippen LogP contribution in [0.5, 0.6) is 0 Å². The molecule has 20 heavy (non-hydrogen) atoms. The molecule has 0 radical (unpaired) electrons. The fraction of sp³-hybridized carbons (Fsp3) is 0.467. The largest absolute Gasteiger partial charge is 0.462 e. The molecule has 0 aliphatic carbocycles. The van der Waals surface area contributed by atoms with Crippen molar-refractivity contribution in [2.45, 2.75) is 26.3 Å². The van der Waals surface area contributed by atoms with Crippen molar-refractivity contribution in [1.29, 1.82) is 0 Å². The van der Waals surface area contributed by atoms with E-state index in [9.17, 15) is 9.59 Å². The minimum Gasteiger partial charge on any atom is -0.462 e. The molecule has 2 heterocycles. The summed E-state index contributed by atoms with van der Waals surface area (Å²) in [5.41, 5.74) is 0.593. The molecule has 1 aromatic heterocycles. The number of amides is 1. The van der Waals surface area contributed by atoms with E-state index in [0.29, 0.717) is 12.0 Å². The topological polar surface area (TPSA) is 46.6 Å². The number of likely N-dealkylation sites (tertiary alicyclic amines) is 1. The fourth-order valence-electron chi connectivity index (χ4n) is 2.40. The van der Waals surface area contributed by atoms with Crippen LogP contribution in [0.25, 0.3) is 0 Å². The highest BCUT2D eigenvalue weighted by molar-refractivity contribution is 7.10. The summed E-state index contributed by atoms with van der Waals surface area (Å²) in [6.07, 6.45) is 2.16. The lowest BCUT2D eigenvalue weighted by Gasteiger charge is -2.23. The number of esters is 1. The molecule has 4 nitrogen and oxygen atoms in total. The van der Waals surface area contributed by atoms with Gasteiger partial charge in [-0.05, 0) is 25.3 Å². The van der Waals surface area contributed by atoms with E-state index in [-0.39, 0.29) is 30.4 Å². The van der Waals surface area contributed by atoms with E-state index in [1.165, 1.54) is 0 Å². The number of carbonyl (C=O) groups excluding carboxylic acids is 2. The second kappa shape index (κ2) is 6.22. The maximum atomic E-state index is 11.9. The van der Waals surface area contributed by atoms with Crippen LogP contribution in [0.1, 0.15) is 31.2 Å². The van der Waals surface area contributed by atoms with Crippen molar-refractivity contribution in [3.63, 3.8) is 0 Å². The number of hydrogen-bond acceptors (Lipinski definition) is 4. The summed E-state index contributed by atoms with van der Waals surface area (Å²) >= 11 is 1.63. The number of thiophene rings is 1. The van der Waals surface area contributed by atoms with Crippen LogP contribution in [0.3, 0.4) is 0 Å². The van der Waals surface area contributed by atoms with Crippen LogP contribution in [0.4, 0.5) is 0 Å². The third-order valence-electron chi connectivity index (χ3n) is 3.71. The third-order valence-corrected chi connectivity index (χ3v) is 4.66. The quantitative estimate of drug-likeness (QED) is 0.633. The highest BCUT2D eigenvalue weighted by Gasteiger charge is 2.39. The van der Waals surface area contributed by atoms with Gasteiger partial charge >= 0.3 is 5.97 Å². The lowest BCUT2D eigenvalue weighted by Crippen LogP contribution is -2.25. The average molecular weight is 293 g/mol. The Kier molecular flexibility index (Phi) is 4.60. The molecule has 0 saturated carbocycles. The Hall–Kier alpha value is -1.62. The van der Waals surface area contributed by atoms with E-state index in [4.69, 9.17) is 4.74 Å². The van der Waals surface area contributed by atoms with Gasteiger partial charge in [0.15, 0.2) is 0 Å². The second-order valence-corrected chi connectivity index (χ2v) is 5.98. The van der Waals surface area contributed by atoms with Gasteiger partial charge < -0.3 is 9.64 Å². The Labute approximate surface area is 123 Å². The lowest BCUT2D eigenvalue weighted by molar-refractivity contribution is -0.140. The number of rotatable bonds is 4. The molecule has 1 fully saturated rings. The molecule has 1 amide bonds. The SMILES string of the molecule is C/C=C(\C)C(=O)OC[C@@H]1CC(=O)N(C)[C@H]1c1cccs1. The van der Waals surface area contributed by atoms with Crippen molar-refractivity contribution >= 4 is 23.2 Å². The maximum Gasteiger partial charge on any atom is 0.333 e. The van der Waals surface area contributed by atoms with E-state index in [2.05, 4.69) is 0 Å². The van der Waals surface area contributed by atoms with Gasteiger partial charge in [0.2, 0.25) is 5.91 Å². The minimum absolute atomic E-state index is 0.0150. The predicted molar refractivity (Wildman–Crippen MR) is 78.3 cm³/mol. The van der Waals surface area contributed by atoms with Gasteiger partial charge in [0.25, 0.3) is 0 Å². The van der Waals surface area contributed by atoms with Crippen LogP contribution in [0.15, 0.2) is 29.2 Å². The van der Waals surface area contributed by atoms with Gasteiger partial charge in [0, 0.05) is 29.8 Å². The Balaban J connectivity index is 2.06. The third kappa shape index (κ3) is 2.93. The summed E-state index contributed by atoms with van der Waals surface area (Å²) in [5, 5.41) is 2.00. The number of ether oxygens (including phenoxy) is 1. The Bertz CT molecular complexity index is 521. The molecule has 0 N–H and O–H groups in total. The van der Waals surface area contributed by atoms with Gasteiger partial charge in [0.1, 0.15) is 0 Å². The first-order valence-electron chi connectivity index (χ1n) is 6.63. The van der Waals surface area contributed by atoms with Crippen LogP contribution < -0.4 is 0 Å².